The van der Waals surface area contributed by atoms with Crippen LogP contribution in [0.5, 0.6) is 5.75 Å². The van der Waals surface area contributed by atoms with E-state index in [1.165, 1.54) is 11.4 Å². The molecule has 186 valence electrons. The van der Waals surface area contributed by atoms with Gasteiger partial charge in [0.2, 0.25) is 15.9 Å². The van der Waals surface area contributed by atoms with E-state index in [-0.39, 0.29) is 48.6 Å². The molecule has 3 rings (SSSR count). The molecule has 1 aromatic carbocycles. The van der Waals surface area contributed by atoms with Gasteiger partial charge in [-0.15, -0.1) is 0 Å². The first kappa shape index (κ1) is 26.1. The standard InChI is InChI=1S/C22H32ClF2N3O4S/c1-3-15-33(30,31)28-13-11-27(12-14-28)21(7-9-22(24,25)10-8-21)16-26-20(29)19-17(23)5-4-6-18(19)32-2/h4-6H,3,7-16H2,1-2H3,(H,26,29). The largest absolute Gasteiger partial charge is 0.496 e. The summed E-state index contributed by atoms with van der Waals surface area (Å²) in [4.78, 5) is 15.0. The fourth-order valence-corrected chi connectivity index (χ4v) is 6.49. The first-order valence-corrected chi connectivity index (χ1v) is 13.2. The fraction of sp³-hybridized carbons (Fsp3) is 0.682. The van der Waals surface area contributed by atoms with Gasteiger partial charge in [-0.1, -0.05) is 24.6 Å². The number of ether oxygens (including phenoxy) is 1. The zero-order valence-electron chi connectivity index (χ0n) is 19.1. The second-order valence-corrected chi connectivity index (χ2v) is 11.3. The summed E-state index contributed by atoms with van der Waals surface area (Å²) in [5.41, 5.74) is -0.472. The van der Waals surface area contributed by atoms with Gasteiger partial charge in [0.15, 0.2) is 0 Å². The number of sulfonamides is 1. The first-order valence-electron chi connectivity index (χ1n) is 11.2. The van der Waals surface area contributed by atoms with Crippen molar-refractivity contribution in [3.8, 4) is 5.75 Å². The highest BCUT2D eigenvalue weighted by atomic mass is 35.5. The van der Waals surface area contributed by atoms with Crippen LogP contribution in [0, 0.1) is 0 Å². The number of nitrogens with zero attached hydrogens (tertiary/aromatic N) is 2. The molecule has 11 heteroatoms. The smallest absolute Gasteiger partial charge is 0.256 e. The Labute approximate surface area is 199 Å². The molecule has 1 amide bonds. The summed E-state index contributed by atoms with van der Waals surface area (Å²) in [6.45, 7) is 3.47. The molecular formula is C22H32ClF2N3O4S. The van der Waals surface area contributed by atoms with Gasteiger partial charge in [0.25, 0.3) is 5.91 Å². The predicted octanol–water partition coefficient (Wildman–Crippen LogP) is 3.38. The second-order valence-electron chi connectivity index (χ2n) is 8.78. The molecule has 0 spiro atoms. The molecule has 1 N–H and O–H groups in total. The van der Waals surface area contributed by atoms with E-state index in [4.69, 9.17) is 16.3 Å². The van der Waals surface area contributed by atoms with E-state index < -0.39 is 27.4 Å². The summed E-state index contributed by atoms with van der Waals surface area (Å²) in [6, 6.07) is 4.90. The highest BCUT2D eigenvalue weighted by Crippen LogP contribution is 2.42. The Kier molecular flexibility index (Phi) is 8.24. The topological polar surface area (TPSA) is 79.0 Å². The number of carbonyl (C=O) groups excluding carboxylic acids is 1. The van der Waals surface area contributed by atoms with E-state index in [2.05, 4.69) is 10.2 Å². The molecule has 1 saturated heterocycles. The normalized spacial score (nSPS) is 21.5. The van der Waals surface area contributed by atoms with Gasteiger partial charge >= 0.3 is 0 Å². The Morgan fingerprint density at radius 3 is 2.36 bits per heavy atom. The van der Waals surface area contributed by atoms with Crippen LogP contribution in [0.3, 0.4) is 0 Å². The lowest BCUT2D eigenvalue weighted by Crippen LogP contribution is -2.63. The van der Waals surface area contributed by atoms with Crippen LogP contribution in [-0.4, -0.2) is 80.6 Å². The summed E-state index contributed by atoms with van der Waals surface area (Å²) >= 11 is 6.22. The summed E-state index contributed by atoms with van der Waals surface area (Å²) in [7, 11) is -1.87. The number of hydrogen-bond acceptors (Lipinski definition) is 5. The van der Waals surface area contributed by atoms with E-state index in [9.17, 15) is 22.0 Å². The maximum Gasteiger partial charge on any atom is 0.256 e. The number of halogens is 3. The minimum atomic E-state index is -3.31. The number of alkyl halides is 2. The SMILES string of the molecule is CCCS(=O)(=O)N1CCN(C2(CNC(=O)c3c(Cl)cccc3OC)CCC(F)(F)CC2)CC1. The Hall–Kier alpha value is -1.49. The molecule has 2 aliphatic rings. The lowest BCUT2D eigenvalue weighted by molar-refractivity contribution is -0.0856. The number of rotatable bonds is 8. The van der Waals surface area contributed by atoms with Crippen molar-refractivity contribution in [1.29, 1.82) is 0 Å². The number of carbonyl (C=O) groups is 1. The van der Waals surface area contributed by atoms with Crippen LogP contribution in [-0.2, 0) is 10.0 Å². The minimum absolute atomic E-state index is 0.0973. The molecule has 1 aromatic rings. The van der Waals surface area contributed by atoms with Crippen LogP contribution in [0.4, 0.5) is 8.78 Å². The van der Waals surface area contributed by atoms with E-state index in [0.717, 1.165) is 0 Å². The highest BCUT2D eigenvalue weighted by molar-refractivity contribution is 7.89. The summed E-state index contributed by atoms with van der Waals surface area (Å²) in [5, 5.41) is 3.13. The van der Waals surface area contributed by atoms with Crippen LogP contribution in [0.15, 0.2) is 18.2 Å². The van der Waals surface area contributed by atoms with Gasteiger partial charge in [-0.2, -0.15) is 4.31 Å². The Morgan fingerprint density at radius 2 is 1.79 bits per heavy atom. The zero-order chi connectivity index (χ0) is 24.3. The minimum Gasteiger partial charge on any atom is -0.496 e. The Balaban J connectivity index is 1.75. The van der Waals surface area contributed by atoms with E-state index in [1.807, 2.05) is 6.92 Å². The van der Waals surface area contributed by atoms with Crippen molar-refractivity contribution in [2.24, 2.45) is 0 Å². The van der Waals surface area contributed by atoms with Gasteiger partial charge in [-0.3, -0.25) is 9.69 Å². The number of amides is 1. The predicted molar refractivity (Wildman–Crippen MR) is 124 cm³/mol. The third kappa shape index (κ3) is 5.96. The number of hydrogen-bond donors (Lipinski definition) is 1. The monoisotopic (exact) mass is 507 g/mol. The number of methoxy groups -OCH3 is 1. The van der Waals surface area contributed by atoms with Crippen LogP contribution in [0.1, 0.15) is 49.4 Å². The molecule has 1 aliphatic heterocycles. The lowest BCUT2D eigenvalue weighted by atomic mass is 9.78. The van der Waals surface area contributed by atoms with Gasteiger partial charge in [-0.25, -0.2) is 17.2 Å². The average Bonchev–Trinajstić information content (AvgIpc) is 2.78. The van der Waals surface area contributed by atoms with Gasteiger partial charge in [0.05, 0.1) is 23.4 Å². The molecule has 0 aromatic heterocycles. The van der Waals surface area contributed by atoms with Crippen molar-refractivity contribution in [2.45, 2.75) is 50.5 Å². The number of nitrogens with one attached hydrogen (secondary N) is 1. The quantitative estimate of drug-likeness (QED) is 0.583. The highest BCUT2D eigenvalue weighted by Gasteiger charge is 2.47. The van der Waals surface area contributed by atoms with E-state index in [1.54, 1.807) is 18.2 Å². The molecule has 1 saturated carbocycles. The van der Waals surface area contributed by atoms with Crippen molar-refractivity contribution in [3.63, 3.8) is 0 Å². The van der Waals surface area contributed by atoms with Gasteiger partial charge < -0.3 is 10.1 Å². The van der Waals surface area contributed by atoms with Crippen molar-refractivity contribution in [2.75, 3.05) is 45.6 Å². The lowest BCUT2D eigenvalue weighted by Gasteiger charge is -2.50. The maximum absolute atomic E-state index is 14.0. The Bertz CT molecular complexity index is 943. The molecule has 2 fully saturated rings. The molecule has 0 bridgehead atoms. The van der Waals surface area contributed by atoms with Gasteiger partial charge in [-0.05, 0) is 31.4 Å². The Morgan fingerprint density at radius 1 is 1.15 bits per heavy atom. The molecule has 0 radical (unpaired) electrons. The van der Waals surface area contributed by atoms with Crippen LogP contribution < -0.4 is 10.1 Å². The summed E-state index contributed by atoms with van der Waals surface area (Å²) < 4.78 is 59.6. The van der Waals surface area contributed by atoms with Crippen molar-refractivity contribution in [1.82, 2.24) is 14.5 Å². The number of piperazine rings is 1. The molecule has 1 aliphatic carbocycles. The molecule has 0 unspecified atom stereocenters. The third-order valence-electron chi connectivity index (χ3n) is 6.68. The van der Waals surface area contributed by atoms with Crippen molar-refractivity contribution >= 4 is 27.5 Å². The maximum atomic E-state index is 14.0. The van der Waals surface area contributed by atoms with Crippen LogP contribution in [0.2, 0.25) is 5.02 Å². The summed E-state index contributed by atoms with van der Waals surface area (Å²) in [6.07, 6.45) is 0.418. The molecule has 1 heterocycles. The van der Waals surface area contributed by atoms with Gasteiger partial charge in [0.1, 0.15) is 5.75 Å². The number of benzene rings is 1. The van der Waals surface area contributed by atoms with E-state index >= 15 is 0 Å². The molecule has 0 atom stereocenters. The average molecular weight is 508 g/mol. The molecule has 33 heavy (non-hydrogen) atoms. The zero-order valence-corrected chi connectivity index (χ0v) is 20.7. The van der Waals surface area contributed by atoms with Crippen LogP contribution >= 0.6 is 11.6 Å². The summed E-state index contributed by atoms with van der Waals surface area (Å²) in [5.74, 6) is -2.73. The van der Waals surface area contributed by atoms with Crippen LogP contribution in [0.25, 0.3) is 0 Å². The van der Waals surface area contributed by atoms with E-state index in [0.29, 0.717) is 38.3 Å². The van der Waals surface area contributed by atoms with Crippen molar-refractivity contribution < 1.29 is 26.7 Å². The third-order valence-corrected chi connectivity index (χ3v) is 9.07. The van der Waals surface area contributed by atoms with Crippen molar-refractivity contribution in [3.05, 3.63) is 28.8 Å². The second kappa shape index (κ2) is 10.4. The first-order chi connectivity index (χ1) is 15.5. The fourth-order valence-electron chi connectivity index (χ4n) is 4.74. The van der Waals surface area contributed by atoms with Gasteiger partial charge in [0, 0.05) is 51.1 Å². The molecule has 7 nitrogen and oxygen atoms in total. The molecular weight excluding hydrogens is 476 g/mol.